The number of thiophene rings is 1. The highest BCUT2D eigenvalue weighted by molar-refractivity contribution is 7.13. The highest BCUT2D eigenvalue weighted by Gasteiger charge is 2.41. The SMILES string of the molecule is COc1cccc([C@H]2O[C@H](CC(=O)c3c(N)csc3C(=O)O)C(=O)N(CC(C)(C)COC(C)=O)c3ccc(Cl)cc32)c1OC. The molecule has 3 aromatic rings. The molecule has 0 radical (unpaired) electrons. The van der Waals surface area contributed by atoms with E-state index in [1.807, 2.05) is 13.8 Å². The lowest BCUT2D eigenvalue weighted by Gasteiger charge is -2.33. The minimum atomic E-state index is -1.39. The predicted octanol–water partition coefficient (Wildman–Crippen LogP) is 5.38. The Morgan fingerprint density at radius 2 is 1.86 bits per heavy atom. The number of anilines is 2. The molecular weight excluding hydrogens is 612 g/mol. The molecule has 0 spiro atoms. The highest BCUT2D eigenvalue weighted by Crippen LogP contribution is 2.46. The van der Waals surface area contributed by atoms with Gasteiger partial charge in [0.05, 0.1) is 32.1 Å². The molecule has 11 nitrogen and oxygen atoms in total. The fraction of sp³-hybridized carbons (Fsp3) is 0.355. The zero-order valence-corrected chi connectivity index (χ0v) is 26.4. The van der Waals surface area contributed by atoms with Gasteiger partial charge in [-0.3, -0.25) is 14.4 Å². The molecule has 1 aliphatic rings. The Kier molecular flexibility index (Phi) is 9.87. The maximum absolute atomic E-state index is 14.4. The first kappa shape index (κ1) is 32.8. The number of esters is 1. The molecule has 2 aromatic carbocycles. The Morgan fingerprint density at radius 3 is 2.50 bits per heavy atom. The summed E-state index contributed by atoms with van der Waals surface area (Å²) in [6, 6.07) is 10.2. The van der Waals surface area contributed by atoms with Crippen molar-refractivity contribution in [3.8, 4) is 11.5 Å². The number of carbonyl (C=O) groups is 4. The first-order valence-corrected chi connectivity index (χ1v) is 14.8. The van der Waals surface area contributed by atoms with Crippen LogP contribution in [0.5, 0.6) is 11.5 Å². The highest BCUT2D eigenvalue weighted by atomic mass is 35.5. The fourth-order valence-corrected chi connectivity index (χ4v) is 6.08. The van der Waals surface area contributed by atoms with Crippen LogP contribution in [0.1, 0.15) is 64.5 Å². The van der Waals surface area contributed by atoms with E-state index < -0.39 is 47.7 Å². The number of amides is 1. The lowest BCUT2D eigenvalue weighted by Crippen LogP contribution is -2.46. The average Bonchev–Trinajstić information content (AvgIpc) is 3.34. The largest absolute Gasteiger partial charge is 0.493 e. The summed E-state index contributed by atoms with van der Waals surface area (Å²) in [5.74, 6) is -2.24. The number of benzene rings is 2. The number of rotatable bonds is 11. The first-order chi connectivity index (χ1) is 20.8. The summed E-state index contributed by atoms with van der Waals surface area (Å²) in [7, 11) is 2.96. The van der Waals surface area contributed by atoms with Crippen LogP contribution in [0, 0.1) is 5.41 Å². The van der Waals surface area contributed by atoms with Gasteiger partial charge in [0.25, 0.3) is 5.91 Å². The second kappa shape index (κ2) is 13.2. The number of Topliss-reactive ketones (excluding diaryl/α,β-unsaturated/α-hetero) is 1. The molecule has 1 aromatic heterocycles. The lowest BCUT2D eigenvalue weighted by molar-refractivity contribution is -0.143. The molecule has 1 amide bonds. The zero-order valence-electron chi connectivity index (χ0n) is 24.8. The molecule has 2 atom stereocenters. The molecule has 234 valence electrons. The topological polar surface area (TPSA) is 155 Å². The molecule has 44 heavy (non-hydrogen) atoms. The first-order valence-electron chi connectivity index (χ1n) is 13.5. The van der Waals surface area contributed by atoms with Crippen molar-refractivity contribution in [3.05, 3.63) is 68.4 Å². The number of carboxylic acid groups (broad SMARTS) is 1. The Labute approximate surface area is 263 Å². The summed E-state index contributed by atoms with van der Waals surface area (Å²) >= 11 is 7.30. The molecule has 0 bridgehead atoms. The van der Waals surface area contributed by atoms with Crippen LogP contribution in [0.2, 0.25) is 5.02 Å². The number of carbonyl (C=O) groups excluding carboxylic acids is 3. The smallest absolute Gasteiger partial charge is 0.346 e. The van der Waals surface area contributed by atoms with Crippen molar-refractivity contribution in [2.24, 2.45) is 5.41 Å². The lowest BCUT2D eigenvalue weighted by atomic mass is 9.92. The summed E-state index contributed by atoms with van der Waals surface area (Å²) in [5, 5.41) is 11.4. The van der Waals surface area contributed by atoms with Gasteiger partial charge in [-0.15, -0.1) is 11.3 Å². The minimum absolute atomic E-state index is 0.000996. The molecule has 1 aliphatic heterocycles. The number of para-hydroxylation sites is 1. The van der Waals surface area contributed by atoms with E-state index in [2.05, 4.69) is 0 Å². The second-order valence-corrected chi connectivity index (χ2v) is 12.3. The molecule has 0 saturated carbocycles. The number of nitrogens with zero attached hydrogens (tertiary/aromatic N) is 1. The number of carboxylic acids is 1. The van der Waals surface area contributed by atoms with E-state index in [1.165, 1.54) is 31.4 Å². The van der Waals surface area contributed by atoms with Crippen molar-refractivity contribution in [3.63, 3.8) is 0 Å². The second-order valence-electron chi connectivity index (χ2n) is 11.0. The Hall–Kier alpha value is -4.13. The number of fused-ring (bicyclic) bond motifs is 1. The third kappa shape index (κ3) is 6.82. The number of nitrogen functional groups attached to an aromatic ring is 1. The monoisotopic (exact) mass is 644 g/mol. The van der Waals surface area contributed by atoms with Crippen LogP contribution in [0.4, 0.5) is 11.4 Å². The Balaban J connectivity index is 1.89. The van der Waals surface area contributed by atoms with Crippen molar-refractivity contribution in [2.75, 3.05) is 38.0 Å². The number of ether oxygens (including phenoxy) is 4. The number of methoxy groups -OCH3 is 2. The molecule has 3 N–H and O–H groups in total. The molecule has 0 aliphatic carbocycles. The molecular formula is C31H33ClN2O9S. The van der Waals surface area contributed by atoms with Gasteiger partial charge in [0.1, 0.15) is 17.1 Å². The van der Waals surface area contributed by atoms with Gasteiger partial charge in [0, 0.05) is 52.5 Å². The van der Waals surface area contributed by atoms with Crippen LogP contribution in [0.3, 0.4) is 0 Å². The van der Waals surface area contributed by atoms with E-state index in [0.717, 1.165) is 11.3 Å². The Morgan fingerprint density at radius 1 is 1.14 bits per heavy atom. The summed E-state index contributed by atoms with van der Waals surface area (Å²) in [4.78, 5) is 52.7. The van der Waals surface area contributed by atoms with Crippen molar-refractivity contribution < 1.29 is 43.2 Å². The zero-order chi connectivity index (χ0) is 32.3. The number of nitrogens with two attached hydrogens (primary N) is 1. The maximum Gasteiger partial charge on any atom is 0.346 e. The minimum Gasteiger partial charge on any atom is -0.493 e. The van der Waals surface area contributed by atoms with Gasteiger partial charge in [-0.2, -0.15) is 0 Å². The van der Waals surface area contributed by atoms with Crippen molar-refractivity contribution in [2.45, 2.75) is 39.4 Å². The van der Waals surface area contributed by atoms with E-state index >= 15 is 0 Å². The average molecular weight is 645 g/mol. The van der Waals surface area contributed by atoms with Crippen LogP contribution in [0.15, 0.2) is 41.8 Å². The molecule has 0 saturated heterocycles. The molecule has 2 heterocycles. The quantitative estimate of drug-likeness (QED) is 0.205. The molecule has 0 fully saturated rings. The number of aromatic carboxylic acids is 1. The Bertz CT molecular complexity index is 1600. The summed E-state index contributed by atoms with van der Waals surface area (Å²) < 4.78 is 23.0. The van der Waals surface area contributed by atoms with Gasteiger partial charge in [0.15, 0.2) is 17.3 Å². The van der Waals surface area contributed by atoms with E-state index in [4.69, 9.17) is 36.3 Å². The normalized spacial score (nSPS) is 16.6. The van der Waals surface area contributed by atoms with Crippen molar-refractivity contribution in [1.29, 1.82) is 0 Å². The van der Waals surface area contributed by atoms with Crippen LogP contribution >= 0.6 is 22.9 Å². The van der Waals surface area contributed by atoms with Gasteiger partial charge >= 0.3 is 11.9 Å². The van der Waals surface area contributed by atoms with Gasteiger partial charge in [-0.1, -0.05) is 37.6 Å². The number of hydrogen-bond acceptors (Lipinski definition) is 10. The molecule has 13 heteroatoms. The van der Waals surface area contributed by atoms with Crippen LogP contribution in [-0.2, 0) is 19.1 Å². The van der Waals surface area contributed by atoms with Gasteiger partial charge in [-0.05, 0) is 24.3 Å². The summed E-state index contributed by atoms with van der Waals surface area (Å²) in [6.07, 6.45) is -2.87. The predicted molar refractivity (Wildman–Crippen MR) is 165 cm³/mol. The summed E-state index contributed by atoms with van der Waals surface area (Å²) in [6.45, 7) is 5.05. The van der Waals surface area contributed by atoms with E-state index in [0.29, 0.717) is 33.3 Å². The number of ketones is 1. The summed E-state index contributed by atoms with van der Waals surface area (Å²) in [5.41, 5.74) is 6.56. The van der Waals surface area contributed by atoms with Gasteiger partial charge < -0.3 is 34.7 Å². The van der Waals surface area contributed by atoms with E-state index in [1.54, 1.807) is 36.4 Å². The van der Waals surface area contributed by atoms with Crippen LogP contribution in [-0.4, -0.2) is 62.2 Å². The third-order valence-electron chi connectivity index (χ3n) is 7.04. The standard InChI is InChI=1S/C31H33ClN2O9S/c1-16(35)42-15-31(2,3)14-34-21-10-9-17(32)11-19(21)26(18-7-6-8-23(40-4)27(18)41-5)43-24(29(34)37)12-22(36)25-20(33)13-44-28(25)30(38)39/h6-11,13,24,26H,12,14-15,33H2,1-5H3,(H,38,39)/t24-,26-/m1/s1. The number of hydrogen-bond donors (Lipinski definition) is 2. The van der Waals surface area contributed by atoms with E-state index in [-0.39, 0.29) is 29.3 Å². The number of halogens is 1. The van der Waals surface area contributed by atoms with Crippen molar-refractivity contribution in [1.82, 2.24) is 0 Å². The van der Waals surface area contributed by atoms with Gasteiger partial charge in [-0.25, -0.2) is 4.79 Å². The molecule has 4 rings (SSSR count). The fourth-order valence-electron chi connectivity index (χ4n) is 5.08. The third-order valence-corrected chi connectivity index (χ3v) is 8.26. The van der Waals surface area contributed by atoms with Crippen molar-refractivity contribution >= 4 is 57.9 Å². The van der Waals surface area contributed by atoms with Crippen LogP contribution in [0.25, 0.3) is 0 Å². The molecule has 0 unspecified atom stereocenters. The van der Waals surface area contributed by atoms with Gasteiger partial charge in [0.2, 0.25) is 0 Å². The maximum atomic E-state index is 14.4. The van der Waals surface area contributed by atoms with E-state index in [9.17, 15) is 24.3 Å². The van der Waals surface area contributed by atoms with Crippen LogP contribution < -0.4 is 20.1 Å².